The topological polar surface area (TPSA) is 97.7 Å². The Kier molecular flexibility index (Phi) is 10.1. The van der Waals surface area contributed by atoms with Crippen molar-refractivity contribution in [3.05, 3.63) is 64.7 Å². The van der Waals surface area contributed by atoms with Gasteiger partial charge in [0.15, 0.2) is 0 Å². The summed E-state index contributed by atoms with van der Waals surface area (Å²) in [6.07, 6.45) is 3.38. The van der Waals surface area contributed by atoms with Crippen LogP contribution in [0.5, 0.6) is 5.75 Å². The molecule has 2 aromatic rings. The van der Waals surface area contributed by atoms with Crippen molar-refractivity contribution in [1.29, 1.82) is 5.26 Å². The molecule has 0 heterocycles. The Hall–Kier alpha value is -3.37. The van der Waals surface area contributed by atoms with Gasteiger partial charge < -0.3 is 19.5 Å². The van der Waals surface area contributed by atoms with Gasteiger partial charge in [0.1, 0.15) is 24.5 Å². The highest BCUT2D eigenvalue weighted by Gasteiger charge is 2.29. The van der Waals surface area contributed by atoms with Crippen molar-refractivity contribution in [3.63, 3.8) is 0 Å². The predicted molar refractivity (Wildman–Crippen MR) is 141 cm³/mol. The molecule has 0 aromatic heterocycles. The third-order valence-electron chi connectivity index (χ3n) is 6.59. The number of hydrogen-bond acceptors (Lipinski definition) is 7. The third-order valence-corrected chi connectivity index (χ3v) is 6.59. The van der Waals surface area contributed by atoms with E-state index in [9.17, 15) is 14.9 Å². The Morgan fingerprint density at radius 3 is 2.49 bits per heavy atom. The van der Waals surface area contributed by atoms with Crippen LogP contribution in [0.1, 0.15) is 62.8 Å². The number of carbonyl (C=O) groups is 2. The van der Waals surface area contributed by atoms with E-state index in [4.69, 9.17) is 14.2 Å². The van der Waals surface area contributed by atoms with Crippen molar-refractivity contribution in [1.82, 2.24) is 5.32 Å². The maximum absolute atomic E-state index is 11.8. The SMILES string of the molecule is CCOC(=O)CCc1ccc(C#N)c(OC[C@@H](CNC(C)(C)CC2Cc3ccccc3C2)OC(C)=O)c1. The fraction of sp³-hybridized carbons (Fsp3) is 0.500. The van der Waals surface area contributed by atoms with E-state index in [1.54, 1.807) is 25.1 Å². The largest absolute Gasteiger partial charge is 0.488 e. The van der Waals surface area contributed by atoms with Gasteiger partial charge in [0.2, 0.25) is 0 Å². The molecule has 0 saturated heterocycles. The first-order valence-corrected chi connectivity index (χ1v) is 13.0. The molecule has 0 saturated carbocycles. The van der Waals surface area contributed by atoms with Gasteiger partial charge in [0.25, 0.3) is 0 Å². The van der Waals surface area contributed by atoms with E-state index in [0.29, 0.717) is 36.8 Å². The molecule has 3 rings (SSSR count). The zero-order valence-electron chi connectivity index (χ0n) is 22.3. The molecule has 0 amide bonds. The summed E-state index contributed by atoms with van der Waals surface area (Å²) in [5.41, 5.74) is 3.97. The Bertz CT molecular complexity index is 1100. The Balaban J connectivity index is 1.57. The molecule has 1 atom stereocenters. The average molecular weight is 507 g/mol. The van der Waals surface area contributed by atoms with Gasteiger partial charge in [-0.2, -0.15) is 5.26 Å². The summed E-state index contributed by atoms with van der Waals surface area (Å²) in [5, 5.41) is 13.1. The summed E-state index contributed by atoms with van der Waals surface area (Å²) in [7, 11) is 0. The molecule has 7 nitrogen and oxygen atoms in total. The van der Waals surface area contributed by atoms with E-state index in [0.717, 1.165) is 24.8 Å². The lowest BCUT2D eigenvalue weighted by Crippen LogP contribution is -2.47. The van der Waals surface area contributed by atoms with Gasteiger partial charge >= 0.3 is 11.9 Å². The number of ether oxygens (including phenoxy) is 3. The van der Waals surface area contributed by atoms with Gasteiger partial charge in [-0.05, 0) is 81.2 Å². The normalized spacial score (nSPS) is 13.9. The van der Waals surface area contributed by atoms with Crippen molar-refractivity contribution in [2.75, 3.05) is 19.8 Å². The van der Waals surface area contributed by atoms with E-state index in [2.05, 4.69) is 49.5 Å². The summed E-state index contributed by atoms with van der Waals surface area (Å²) < 4.78 is 16.5. The average Bonchev–Trinajstić information content (AvgIpc) is 3.26. The molecular weight excluding hydrogens is 468 g/mol. The number of fused-ring (bicyclic) bond motifs is 1. The van der Waals surface area contributed by atoms with Crippen LogP contribution in [0.3, 0.4) is 0 Å². The summed E-state index contributed by atoms with van der Waals surface area (Å²) in [6, 6.07) is 16.0. The minimum absolute atomic E-state index is 0.105. The smallest absolute Gasteiger partial charge is 0.306 e. The molecule has 0 spiro atoms. The van der Waals surface area contributed by atoms with E-state index >= 15 is 0 Å². The summed E-state index contributed by atoms with van der Waals surface area (Å²) in [4.78, 5) is 23.5. The molecule has 198 valence electrons. The first-order valence-electron chi connectivity index (χ1n) is 13.0. The van der Waals surface area contributed by atoms with Gasteiger partial charge in [-0.15, -0.1) is 0 Å². The minimum Gasteiger partial charge on any atom is -0.488 e. The second-order valence-corrected chi connectivity index (χ2v) is 10.3. The van der Waals surface area contributed by atoms with Crippen LogP contribution in [0.2, 0.25) is 0 Å². The zero-order chi connectivity index (χ0) is 26.8. The number of carbonyl (C=O) groups excluding carboxylic acids is 2. The standard InChI is InChI=1S/C30H38N2O5/c1-5-35-29(34)13-11-22-10-12-26(18-31)28(16-22)36-20-27(37-21(2)33)19-32-30(3,4)17-23-14-24-8-6-7-9-25(24)15-23/h6-10,12,16,23,27,32H,5,11,13-15,17,19-20H2,1-4H3/t27-/m1/s1. The highest BCUT2D eigenvalue weighted by Crippen LogP contribution is 2.32. The summed E-state index contributed by atoms with van der Waals surface area (Å²) in [5.74, 6) is 0.324. The number of esters is 2. The van der Waals surface area contributed by atoms with Crippen LogP contribution in [0.15, 0.2) is 42.5 Å². The van der Waals surface area contributed by atoms with E-state index in [1.807, 2.05) is 0 Å². The molecule has 0 fully saturated rings. The molecule has 0 radical (unpaired) electrons. The molecule has 1 aliphatic rings. The van der Waals surface area contributed by atoms with Gasteiger partial charge in [-0.3, -0.25) is 9.59 Å². The highest BCUT2D eigenvalue weighted by molar-refractivity contribution is 5.69. The maximum atomic E-state index is 11.8. The van der Waals surface area contributed by atoms with E-state index < -0.39 is 6.10 Å². The highest BCUT2D eigenvalue weighted by atomic mass is 16.6. The van der Waals surface area contributed by atoms with Crippen LogP contribution < -0.4 is 10.1 Å². The minimum atomic E-state index is -0.521. The van der Waals surface area contributed by atoms with Crippen molar-refractivity contribution < 1.29 is 23.8 Å². The van der Waals surface area contributed by atoms with Gasteiger partial charge in [-0.1, -0.05) is 30.3 Å². The van der Waals surface area contributed by atoms with Crippen LogP contribution in [0.25, 0.3) is 0 Å². The van der Waals surface area contributed by atoms with Crippen molar-refractivity contribution in [2.24, 2.45) is 5.92 Å². The first-order chi connectivity index (χ1) is 17.7. The summed E-state index contributed by atoms with van der Waals surface area (Å²) in [6.45, 7) is 8.37. The molecule has 0 bridgehead atoms. The number of nitriles is 1. The van der Waals surface area contributed by atoms with Crippen molar-refractivity contribution in [3.8, 4) is 11.8 Å². The number of aryl methyl sites for hydroxylation is 1. The Morgan fingerprint density at radius 2 is 1.86 bits per heavy atom. The van der Waals surface area contributed by atoms with Gasteiger partial charge in [0.05, 0.1) is 12.2 Å². The van der Waals surface area contributed by atoms with Crippen molar-refractivity contribution >= 4 is 11.9 Å². The van der Waals surface area contributed by atoms with Crippen LogP contribution in [0, 0.1) is 17.2 Å². The van der Waals surface area contributed by atoms with Crippen LogP contribution in [-0.2, 0) is 38.3 Å². The third kappa shape index (κ3) is 8.91. The fourth-order valence-corrected chi connectivity index (χ4v) is 4.94. The lowest BCUT2D eigenvalue weighted by molar-refractivity contribution is -0.148. The van der Waals surface area contributed by atoms with Crippen molar-refractivity contribution in [2.45, 2.75) is 71.4 Å². The molecule has 0 aliphatic heterocycles. The molecular formula is C30H38N2O5. The van der Waals surface area contributed by atoms with E-state index in [1.165, 1.54) is 18.1 Å². The zero-order valence-corrected chi connectivity index (χ0v) is 22.3. The Labute approximate surface area is 220 Å². The second kappa shape index (κ2) is 13.3. The monoisotopic (exact) mass is 506 g/mol. The van der Waals surface area contributed by atoms with Gasteiger partial charge in [-0.25, -0.2) is 0 Å². The number of rotatable bonds is 13. The van der Waals surface area contributed by atoms with Crippen LogP contribution in [0.4, 0.5) is 0 Å². The fourth-order valence-electron chi connectivity index (χ4n) is 4.94. The first kappa shape index (κ1) is 28.2. The Morgan fingerprint density at radius 1 is 1.16 bits per heavy atom. The molecule has 0 unspecified atom stereocenters. The molecule has 7 heteroatoms. The summed E-state index contributed by atoms with van der Waals surface area (Å²) >= 11 is 0. The molecule has 2 aromatic carbocycles. The lowest BCUT2D eigenvalue weighted by Gasteiger charge is -2.31. The van der Waals surface area contributed by atoms with Crippen LogP contribution >= 0.6 is 0 Å². The number of nitrogens with one attached hydrogen (secondary N) is 1. The molecule has 1 N–H and O–H groups in total. The quantitative estimate of drug-likeness (QED) is 0.398. The van der Waals surface area contributed by atoms with Crippen LogP contribution in [-0.4, -0.2) is 43.3 Å². The number of nitrogens with zero attached hydrogens (tertiary/aromatic N) is 1. The second-order valence-electron chi connectivity index (χ2n) is 10.3. The lowest BCUT2D eigenvalue weighted by atomic mass is 9.88. The van der Waals surface area contributed by atoms with Gasteiger partial charge in [0, 0.05) is 25.4 Å². The number of benzene rings is 2. The predicted octanol–water partition coefficient (Wildman–Crippen LogP) is 4.54. The molecule has 37 heavy (non-hydrogen) atoms. The number of hydrogen-bond donors (Lipinski definition) is 1. The maximum Gasteiger partial charge on any atom is 0.306 e. The molecule has 1 aliphatic carbocycles. The van der Waals surface area contributed by atoms with E-state index in [-0.39, 0.29) is 30.5 Å².